The molecule has 1 aliphatic rings. The van der Waals surface area contributed by atoms with Crippen molar-refractivity contribution in [2.45, 2.75) is 64.3 Å². The van der Waals surface area contributed by atoms with Crippen LogP contribution in [0.5, 0.6) is 0 Å². The van der Waals surface area contributed by atoms with Crippen LogP contribution >= 0.6 is 11.3 Å². The summed E-state index contributed by atoms with van der Waals surface area (Å²) in [6.45, 7) is 6.79. The highest BCUT2D eigenvalue weighted by Gasteiger charge is 2.51. The zero-order valence-electron chi connectivity index (χ0n) is 20.2. The van der Waals surface area contributed by atoms with Crippen LogP contribution in [0.1, 0.15) is 31.7 Å². The van der Waals surface area contributed by atoms with Gasteiger partial charge in [-0.15, -0.1) is 11.3 Å². The largest absolute Gasteiger partial charge is 0.390 e. The summed E-state index contributed by atoms with van der Waals surface area (Å²) in [4.78, 5) is 18.3. The zero-order chi connectivity index (χ0) is 25.5. The molecule has 0 saturated heterocycles. The van der Waals surface area contributed by atoms with Gasteiger partial charge in [0, 0.05) is 19.3 Å². The molecule has 12 heteroatoms. The van der Waals surface area contributed by atoms with Gasteiger partial charge in [-0.3, -0.25) is 4.98 Å². The number of hydrogen-bond donors (Lipinski definition) is 4. The van der Waals surface area contributed by atoms with E-state index >= 15 is 0 Å². The van der Waals surface area contributed by atoms with Gasteiger partial charge in [0.25, 0.3) is 5.92 Å². The molecule has 0 aliphatic heterocycles. The summed E-state index contributed by atoms with van der Waals surface area (Å²) in [5.74, 6) is -3.86. The topological polar surface area (TPSA) is 125 Å². The lowest BCUT2D eigenvalue weighted by molar-refractivity contribution is -0.0950. The number of anilines is 2. The van der Waals surface area contributed by atoms with Crippen molar-refractivity contribution in [1.29, 1.82) is 0 Å². The molecule has 1 fully saturated rings. The molecule has 0 unspecified atom stereocenters. The van der Waals surface area contributed by atoms with Crippen molar-refractivity contribution in [2.24, 2.45) is 5.92 Å². The van der Waals surface area contributed by atoms with E-state index in [1.807, 2.05) is 26.8 Å². The molecule has 1 aliphatic carbocycles. The second-order valence-corrected chi connectivity index (χ2v) is 10.2. The number of hydrogen-bond acceptors (Lipinski definition) is 10. The van der Waals surface area contributed by atoms with Crippen molar-refractivity contribution < 1.29 is 23.7 Å². The number of rotatable bonds is 8. The summed E-state index contributed by atoms with van der Waals surface area (Å²) in [5, 5.41) is 27.8. The summed E-state index contributed by atoms with van der Waals surface area (Å²) >= 11 is 1.44. The van der Waals surface area contributed by atoms with Crippen LogP contribution in [0.4, 0.5) is 20.5 Å². The molecule has 0 bridgehead atoms. The van der Waals surface area contributed by atoms with Crippen LogP contribution in [0, 0.1) is 19.8 Å². The van der Waals surface area contributed by atoms with Crippen LogP contribution in [0.15, 0.2) is 12.3 Å². The van der Waals surface area contributed by atoms with Crippen molar-refractivity contribution in [2.75, 3.05) is 24.4 Å². The Balaban J connectivity index is 1.76. The predicted octanol–water partition coefficient (Wildman–Crippen LogP) is 3.39. The number of pyridine rings is 1. The quantitative estimate of drug-likeness (QED) is 0.362. The van der Waals surface area contributed by atoms with E-state index in [1.165, 1.54) is 11.3 Å². The third-order valence-corrected chi connectivity index (χ3v) is 7.28. The van der Waals surface area contributed by atoms with E-state index < -0.39 is 30.1 Å². The molecule has 0 radical (unpaired) electrons. The summed E-state index contributed by atoms with van der Waals surface area (Å²) in [6, 6.07) is 0.951. The van der Waals surface area contributed by atoms with Gasteiger partial charge in [-0.1, -0.05) is 0 Å². The first kappa shape index (κ1) is 25.5. The maximum atomic E-state index is 14.0. The van der Waals surface area contributed by atoms with Gasteiger partial charge in [0.15, 0.2) is 0 Å². The number of thiazole rings is 1. The normalized spacial score (nSPS) is 23.6. The summed E-state index contributed by atoms with van der Waals surface area (Å²) in [5.41, 5.74) is 2.76. The van der Waals surface area contributed by atoms with Crippen LogP contribution in [-0.2, 0) is 4.74 Å². The van der Waals surface area contributed by atoms with Gasteiger partial charge in [-0.25, -0.2) is 18.7 Å². The van der Waals surface area contributed by atoms with Crippen molar-refractivity contribution in [3.05, 3.63) is 23.7 Å². The fraction of sp³-hybridized carbons (Fsp3) is 0.565. The van der Waals surface area contributed by atoms with Gasteiger partial charge < -0.3 is 25.6 Å². The van der Waals surface area contributed by atoms with E-state index in [1.54, 1.807) is 13.3 Å². The fourth-order valence-corrected chi connectivity index (χ4v) is 5.56. The average molecular weight is 509 g/mol. The lowest BCUT2D eigenvalue weighted by Crippen LogP contribution is -2.38. The van der Waals surface area contributed by atoms with Crippen LogP contribution in [0.25, 0.3) is 20.8 Å². The maximum Gasteiger partial charge on any atom is 0.250 e. The van der Waals surface area contributed by atoms with Gasteiger partial charge in [0.05, 0.1) is 46.3 Å². The van der Waals surface area contributed by atoms with Gasteiger partial charge in [0.1, 0.15) is 22.4 Å². The summed E-state index contributed by atoms with van der Waals surface area (Å²) in [7, 11) is 1.59. The maximum absolute atomic E-state index is 14.0. The van der Waals surface area contributed by atoms with E-state index in [-0.39, 0.29) is 12.5 Å². The van der Waals surface area contributed by atoms with Crippen molar-refractivity contribution in [3.8, 4) is 10.6 Å². The van der Waals surface area contributed by atoms with E-state index in [9.17, 15) is 19.0 Å². The smallest absolute Gasteiger partial charge is 0.250 e. The van der Waals surface area contributed by atoms with E-state index in [0.717, 1.165) is 22.8 Å². The molecule has 3 aromatic heterocycles. The Morgan fingerprint density at radius 3 is 2.57 bits per heavy atom. The molecular weight excluding hydrogens is 478 g/mol. The number of aliphatic hydroxyl groups is 2. The second kappa shape index (κ2) is 9.84. The zero-order valence-corrected chi connectivity index (χ0v) is 21.0. The van der Waals surface area contributed by atoms with Crippen LogP contribution in [0.3, 0.4) is 0 Å². The molecule has 35 heavy (non-hydrogen) atoms. The van der Waals surface area contributed by atoms with E-state index in [2.05, 4.69) is 25.6 Å². The van der Waals surface area contributed by atoms with Crippen LogP contribution in [0.2, 0.25) is 0 Å². The molecule has 0 spiro atoms. The Morgan fingerprint density at radius 1 is 1.20 bits per heavy atom. The van der Waals surface area contributed by atoms with Gasteiger partial charge in [0.2, 0.25) is 5.95 Å². The van der Waals surface area contributed by atoms with Crippen LogP contribution in [-0.4, -0.2) is 74.1 Å². The first-order valence-electron chi connectivity index (χ1n) is 11.4. The van der Waals surface area contributed by atoms with Crippen molar-refractivity contribution in [1.82, 2.24) is 19.9 Å². The molecule has 3 heterocycles. The Hall–Kier alpha value is -2.54. The van der Waals surface area contributed by atoms with E-state index in [4.69, 9.17) is 9.72 Å². The lowest BCUT2D eigenvalue weighted by atomic mass is 9.98. The molecule has 4 N–H and O–H groups in total. The number of nitrogens with zero attached hydrogens (tertiary/aromatic N) is 4. The van der Waals surface area contributed by atoms with Crippen molar-refractivity contribution in [3.63, 3.8) is 0 Å². The molecule has 1 saturated carbocycles. The Labute approximate surface area is 206 Å². The van der Waals surface area contributed by atoms with Crippen molar-refractivity contribution >= 4 is 33.3 Å². The highest BCUT2D eigenvalue weighted by atomic mass is 32.1. The van der Waals surface area contributed by atoms with Crippen LogP contribution < -0.4 is 10.6 Å². The minimum absolute atomic E-state index is 0.0867. The molecule has 5 atom stereocenters. The molecule has 4 rings (SSSR count). The number of nitrogens with one attached hydrogen (secondary N) is 2. The van der Waals surface area contributed by atoms with E-state index in [0.29, 0.717) is 34.6 Å². The molecule has 3 aromatic rings. The minimum Gasteiger partial charge on any atom is -0.390 e. The number of methoxy groups -OCH3 is 1. The highest BCUT2D eigenvalue weighted by molar-refractivity contribution is 7.21. The highest BCUT2D eigenvalue weighted by Crippen LogP contribution is 2.41. The number of halogens is 2. The third-order valence-electron chi connectivity index (χ3n) is 6.24. The molecule has 190 valence electrons. The SMILES string of the molecule is COC[C@@H](C)Nc1nc(C)c(-c2nc3c(C)nccc3s2)c(N[C@@H]2C[C@H](C(C)(F)F)[C@@H](O)[C@H]2O)n1. The molecule has 0 amide bonds. The average Bonchev–Trinajstić information content (AvgIpc) is 3.31. The number of aromatic nitrogens is 4. The molecule has 9 nitrogen and oxygen atoms in total. The summed E-state index contributed by atoms with van der Waals surface area (Å²) < 4.78 is 34.2. The fourth-order valence-electron chi connectivity index (χ4n) is 4.45. The second-order valence-electron chi connectivity index (χ2n) is 9.15. The van der Waals surface area contributed by atoms with Gasteiger partial charge in [-0.05, 0) is 40.2 Å². The Kier molecular flexibility index (Phi) is 7.18. The Bertz CT molecular complexity index is 1200. The minimum atomic E-state index is -3.14. The van der Waals surface area contributed by atoms with Gasteiger partial charge >= 0.3 is 0 Å². The first-order valence-corrected chi connectivity index (χ1v) is 12.2. The van der Waals surface area contributed by atoms with Gasteiger partial charge in [-0.2, -0.15) is 4.98 Å². The molecular formula is C23H30F2N6O3S. The number of aliphatic hydroxyl groups excluding tert-OH is 2. The third kappa shape index (κ3) is 5.20. The lowest BCUT2D eigenvalue weighted by Gasteiger charge is -2.22. The monoisotopic (exact) mass is 508 g/mol. The predicted molar refractivity (Wildman–Crippen MR) is 131 cm³/mol. The standard InChI is InChI=1S/C23H30F2N6O3S/c1-10(9-34-5)27-22-28-11(2)16(21-30-17-12(3)26-7-6-15(17)35-21)20(31-22)29-14-8-13(23(4,24)25)18(32)19(14)33/h6-7,10,13-14,18-19,32-33H,8-9H2,1-5H3,(H2,27,28,29,31)/t10-,13+,14-,18-,19+/m1/s1. The number of ether oxygens (including phenoxy) is 1. The molecule has 0 aromatic carbocycles. The summed E-state index contributed by atoms with van der Waals surface area (Å²) in [6.07, 6.45) is -1.36. The number of aryl methyl sites for hydroxylation is 2. The number of alkyl halides is 2. The first-order chi connectivity index (χ1) is 16.5. The Morgan fingerprint density at radius 2 is 1.94 bits per heavy atom. The number of fused-ring (bicyclic) bond motifs is 1.